The molecular weight excluding hydrogens is 199 g/mol. The van der Waals surface area contributed by atoms with Gasteiger partial charge in [-0.3, -0.25) is 0 Å². The average molecular weight is 205 g/mol. The topological polar surface area (TPSA) is 64.7 Å². The number of aromatic nitrogens is 3. The maximum absolute atomic E-state index is 5.54. The van der Waals surface area contributed by atoms with Crippen molar-refractivity contribution >= 4 is 23.2 Å². The summed E-state index contributed by atoms with van der Waals surface area (Å²) in [6.45, 7) is 3.48. The maximum atomic E-state index is 5.54. The van der Waals surface area contributed by atoms with Crippen molar-refractivity contribution in [1.29, 1.82) is 0 Å². The smallest absolute Gasteiger partial charge is 0.226 e. The molecule has 0 bridgehead atoms. The summed E-state index contributed by atoms with van der Waals surface area (Å²) in [6.07, 6.45) is 1.49. The minimum Gasteiger partial charge on any atom is -0.318 e. The standard InChI is InChI=1S/C6H6Cl2N4/c1-2-3(9)4-10-5(7)12-6(8)11-4/h2-3H,1,9H2. The van der Waals surface area contributed by atoms with Crippen LogP contribution in [-0.4, -0.2) is 15.0 Å². The third kappa shape index (κ3) is 2.14. The highest BCUT2D eigenvalue weighted by molar-refractivity contribution is 6.31. The summed E-state index contributed by atoms with van der Waals surface area (Å²) < 4.78 is 0. The molecule has 0 amide bonds. The van der Waals surface area contributed by atoms with Crippen molar-refractivity contribution in [2.24, 2.45) is 5.73 Å². The molecule has 12 heavy (non-hydrogen) atoms. The molecule has 0 aliphatic rings. The van der Waals surface area contributed by atoms with E-state index in [1.54, 1.807) is 0 Å². The first-order chi connectivity index (χ1) is 5.63. The van der Waals surface area contributed by atoms with Crippen LogP contribution in [0.4, 0.5) is 0 Å². The van der Waals surface area contributed by atoms with Gasteiger partial charge in [-0.05, 0) is 23.2 Å². The molecule has 1 aromatic heterocycles. The summed E-state index contributed by atoms with van der Waals surface area (Å²) in [5, 5.41) is 0.0598. The molecule has 64 valence electrons. The highest BCUT2D eigenvalue weighted by Crippen LogP contribution is 2.11. The van der Waals surface area contributed by atoms with Gasteiger partial charge in [-0.15, -0.1) is 6.58 Å². The molecule has 0 aliphatic heterocycles. The zero-order valence-electron chi connectivity index (χ0n) is 6.04. The third-order valence-electron chi connectivity index (χ3n) is 1.15. The second kappa shape index (κ2) is 3.80. The minimum absolute atomic E-state index is 0.0299. The predicted molar refractivity (Wildman–Crippen MR) is 47.0 cm³/mol. The second-order valence-electron chi connectivity index (χ2n) is 1.99. The zero-order chi connectivity index (χ0) is 9.14. The van der Waals surface area contributed by atoms with E-state index in [2.05, 4.69) is 21.5 Å². The fourth-order valence-corrected chi connectivity index (χ4v) is 0.971. The summed E-state index contributed by atoms with van der Waals surface area (Å²) in [5.41, 5.74) is 5.54. The van der Waals surface area contributed by atoms with Gasteiger partial charge in [-0.25, -0.2) is 9.97 Å². The van der Waals surface area contributed by atoms with Crippen molar-refractivity contribution in [3.63, 3.8) is 0 Å². The maximum Gasteiger partial charge on any atom is 0.226 e. The molecule has 0 spiro atoms. The molecule has 0 saturated heterocycles. The normalized spacial score (nSPS) is 12.6. The van der Waals surface area contributed by atoms with Crippen LogP contribution < -0.4 is 5.73 Å². The molecule has 1 aromatic rings. The highest BCUT2D eigenvalue weighted by Gasteiger charge is 2.07. The Labute approximate surface area is 79.4 Å². The fraction of sp³-hybridized carbons (Fsp3) is 0.167. The number of halogens is 2. The van der Waals surface area contributed by atoms with Crippen LogP contribution in [0, 0.1) is 0 Å². The Hall–Kier alpha value is -0.710. The lowest BCUT2D eigenvalue weighted by Crippen LogP contribution is -2.11. The lowest BCUT2D eigenvalue weighted by molar-refractivity contribution is 0.791. The van der Waals surface area contributed by atoms with Crippen LogP contribution >= 0.6 is 23.2 Å². The van der Waals surface area contributed by atoms with Gasteiger partial charge in [0.1, 0.15) is 0 Å². The molecule has 1 heterocycles. The summed E-state index contributed by atoms with van der Waals surface area (Å²) in [4.78, 5) is 11.1. The fourth-order valence-electron chi connectivity index (χ4n) is 0.595. The van der Waals surface area contributed by atoms with Crippen LogP contribution in [0.2, 0.25) is 10.6 Å². The molecule has 2 N–H and O–H groups in total. The van der Waals surface area contributed by atoms with E-state index in [0.717, 1.165) is 0 Å². The molecule has 4 nitrogen and oxygen atoms in total. The van der Waals surface area contributed by atoms with Crippen LogP contribution in [0.1, 0.15) is 11.9 Å². The molecule has 0 radical (unpaired) electrons. The largest absolute Gasteiger partial charge is 0.318 e. The number of nitrogens with two attached hydrogens (primary N) is 1. The van der Waals surface area contributed by atoms with Crippen LogP contribution in [0.3, 0.4) is 0 Å². The molecule has 6 heteroatoms. The SMILES string of the molecule is C=CC(N)c1nc(Cl)nc(Cl)n1. The van der Waals surface area contributed by atoms with Crippen molar-refractivity contribution in [2.75, 3.05) is 0 Å². The quantitative estimate of drug-likeness (QED) is 0.740. The van der Waals surface area contributed by atoms with Gasteiger partial charge in [0.25, 0.3) is 0 Å². The molecular formula is C6H6Cl2N4. The van der Waals surface area contributed by atoms with E-state index in [1.807, 2.05) is 0 Å². The van der Waals surface area contributed by atoms with E-state index in [-0.39, 0.29) is 10.6 Å². The predicted octanol–water partition coefficient (Wildman–Crippen LogP) is 1.36. The number of rotatable bonds is 2. The van der Waals surface area contributed by atoms with Gasteiger partial charge in [0, 0.05) is 0 Å². The van der Waals surface area contributed by atoms with E-state index < -0.39 is 6.04 Å². The Bertz CT molecular complexity index is 281. The number of nitrogens with zero attached hydrogens (tertiary/aromatic N) is 3. The molecule has 0 fully saturated rings. The molecule has 0 aromatic carbocycles. The number of hydrogen-bond donors (Lipinski definition) is 1. The summed E-state index contributed by atoms with van der Waals surface area (Å²) in [6, 6.07) is -0.469. The van der Waals surface area contributed by atoms with Gasteiger partial charge < -0.3 is 5.73 Å². The minimum atomic E-state index is -0.469. The molecule has 0 saturated carbocycles. The lowest BCUT2D eigenvalue weighted by atomic mass is 10.3. The summed E-state index contributed by atoms with van der Waals surface area (Å²) >= 11 is 11.0. The van der Waals surface area contributed by atoms with E-state index in [9.17, 15) is 0 Å². The summed E-state index contributed by atoms with van der Waals surface area (Å²) in [5.74, 6) is 0.315. The summed E-state index contributed by atoms with van der Waals surface area (Å²) in [7, 11) is 0. The van der Waals surface area contributed by atoms with Crippen LogP contribution in [0.25, 0.3) is 0 Å². The van der Waals surface area contributed by atoms with Gasteiger partial charge in [0.05, 0.1) is 6.04 Å². The van der Waals surface area contributed by atoms with Crippen LogP contribution in [0.15, 0.2) is 12.7 Å². The van der Waals surface area contributed by atoms with Gasteiger partial charge >= 0.3 is 0 Å². The van der Waals surface area contributed by atoms with Crippen molar-refractivity contribution in [3.8, 4) is 0 Å². The van der Waals surface area contributed by atoms with Gasteiger partial charge in [-0.2, -0.15) is 4.98 Å². The van der Waals surface area contributed by atoms with E-state index in [4.69, 9.17) is 28.9 Å². The van der Waals surface area contributed by atoms with E-state index in [1.165, 1.54) is 6.08 Å². The first-order valence-electron chi connectivity index (χ1n) is 3.08. The molecule has 0 aliphatic carbocycles. The van der Waals surface area contributed by atoms with Gasteiger partial charge in [-0.1, -0.05) is 6.08 Å². The Balaban J connectivity index is 3.08. The highest BCUT2D eigenvalue weighted by atomic mass is 35.5. The lowest BCUT2D eigenvalue weighted by Gasteiger charge is -2.03. The Kier molecular flexibility index (Phi) is 2.97. The number of hydrogen-bond acceptors (Lipinski definition) is 4. The molecule has 1 rings (SSSR count). The van der Waals surface area contributed by atoms with Crippen molar-refractivity contribution < 1.29 is 0 Å². The van der Waals surface area contributed by atoms with Crippen molar-refractivity contribution in [2.45, 2.75) is 6.04 Å². The Morgan fingerprint density at radius 2 is 1.75 bits per heavy atom. The zero-order valence-corrected chi connectivity index (χ0v) is 7.55. The average Bonchev–Trinajstić information content (AvgIpc) is 2.01. The van der Waals surface area contributed by atoms with Crippen LogP contribution in [0.5, 0.6) is 0 Å². The third-order valence-corrected chi connectivity index (χ3v) is 1.49. The monoisotopic (exact) mass is 204 g/mol. The molecule has 1 unspecified atom stereocenters. The first-order valence-corrected chi connectivity index (χ1v) is 3.84. The Morgan fingerprint density at radius 1 is 1.25 bits per heavy atom. The van der Waals surface area contributed by atoms with Crippen LogP contribution in [-0.2, 0) is 0 Å². The first kappa shape index (κ1) is 9.38. The Morgan fingerprint density at radius 3 is 2.17 bits per heavy atom. The van der Waals surface area contributed by atoms with Gasteiger partial charge in [0.15, 0.2) is 5.82 Å². The van der Waals surface area contributed by atoms with E-state index >= 15 is 0 Å². The van der Waals surface area contributed by atoms with E-state index in [0.29, 0.717) is 5.82 Å². The van der Waals surface area contributed by atoms with Crippen molar-refractivity contribution in [3.05, 3.63) is 29.0 Å². The van der Waals surface area contributed by atoms with Gasteiger partial charge in [0.2, 0.25) is 10.6 Å². The van der Waals surface area contributed by atoms with Crippen molar-refractivity contribution in [1.82, 2.24) is 15.0 Å². The molecule has 1 atom stereocenters. The second-order valence-corrected chi connectivity index (χ2v) is 2.67.